The quantitative estimate of drug-likeness (QED) is 0.216. The average Bonchev–Trinajstić information content (AvgIpc) is 3.31. The van der Waals surface area contributed by atoms with Crippen molar-refractivity contribution in [2.45, 2.75) is 38.7 Å². The molecular weight excluding hydrogens is 511 g/mol. The maximum atomic E-state index is 13.0. The van der Waals surface area contributed by atoms with Crippen LogP contribution in [0, 0.1) is 6.92 Å². The van der Waals surface area contributed by atoms with Crippen molar-refractivity contribution in [1.29, 1.82) is 0 Å². The van der Waals surface area contributed by atoms with Gasteiger partial charge in [-0.2, -0.15) is 13.2 Å². The van der Waals surface area contributed by atoms with Gasteiger partial charge >= 0.3 is 12.1 Å². The summed E-state index contributed by atoms with van der Waals surface area (Å²) in [5.41, 5.74) is 4.74. The molecule has 1 unspecified atom stereocenters. The van der Waals surface area contributed by atoms with E-state index in [2.05, 4.69) is 5.16 Å². The van der Waals surface area contributed by atoms with E-state index in [0.717, 1.165) is 34.4 Å². The maximum absolute atomic E-state index is 13.0. The van der Waals surface area contributed by atoms with Crippen LogP contribution in [-0.4, -0.2) is 29.9 Å². The Morgan fingerprint density at radius 3 is 2.23 bits per heavy atom. The predicted molar refractivity (Wildman–Crippen MR) is 139 cm³/mol. The number of aliphatic carboxylic acids is 1. The molecule has 0 aliphatic carbocycles. The largest absolute Gasteiger partial charge is 0.481 e. The van der Waals surface area contributed by atoms with Gasteiger partial charge in [0.25, 0.3) is 0 Å². The van der Waals surface area contributed by atoms with E-state index in [9.17, 15) is 18.0 Å². The summed E-state index contributed by atoms with van der Waals surface area (Å²) in [7, 11) is 1.53. The minimum absolute atomic E-state index is 0.00671. The first kappa shape index (κ1) is 28.1. The minimum atomic E-state index is -4.42. The Morgan fingerprint density at radius 2 is 1.62 bits per heavy atom. The Hall–Kier alpha value is -3.95. The number of benzene rings is 3. The second-order valence-corrected chi connectivity index (χ2v) is 9.12. The van der Waals surface area contributed by atoms with E-state index in [4.69, 9.17) is 19.1 Å². The predicted octanol–water partition coefficient (Wildman–Crippen LogP) is 7.26. The number of aromatic nitrogens is 1. The lowest BCUT2D eigenvalue weighted by Gasteiger charge is -2.17. The van der Waals surface area contributed by atoms with E-state index in [1.54, 1.807) is 13.0 Å². The van der Waals surface area contributed by atoms with E-state index in [1.165, 1.54) is 13.2 Å². The van der Waals surface area contributed by atoms with Crippen LogP contribution < -0.4 is 0 Å². The van der Waals surface area contributed by atoms with Crippen LogP contribution in [-0.2, 0) is 33.5 Å². The molecule has 0 fully saturated rings. The Bertz CT molecular complexity index is 1400. The molecule has 1 aromatic heterocycles. The second kappa shape index (κ2) is 12.3. The van der Waals surface area contributed by atoms with E-state index in [0.29, 0.717) is 29.0 Å². The van der Waals surface area contributed by atoms with Crippen LogP contribution in [0.5, 0.6) is 0 Å². The van der Waals surface area contributed by atoms with Crippen molar-refractivity contribution in [3.8, 4) is 22.5 Å². The number of aryl methyl sites for hydroxylation is 2. The van der Waals surface area contributed by atoms with Crippen molar-refractivity contribution in [2.24, 2.45) is 0 Å². The number of hydrogen-bond donors (Lipinski definition) is 1. The molecule has 0 radical (unpaired) electrons. The monoisotopic (exact) mass is 539 g/mol. The first-order chi connectivity index (χ1) is 18.7. The maximum Gasteiger partial charge on any atom is 0.416 e. The highest BCUT2D eigenvalue weighted by atomic mass is 19.4. The standard InChI is InChI=1S/C30H28F3NO5/c1-19-28(26(37-2)18-38-17-21-4-3-5-25(16-21)30(31,32)33)29(39-34-19)24-13-11-23(12-14-24)22-9-6-20(7-10-22)8-15-27(35)36/h3-7,9-14,16,26H,8,15,17-18H2,1-2H3,(H,35,36). The van der Waals surface area contributed by atoms with E-state index < -0.39 is 23.8 Å². The topological polar surface area (TPSA) is 81.8 Å². The molecule has 204 valence electrons. The summed E-state index contributed by atoms with van der Waals surface area (Å²) in [6, 6.07) is 20.5. The number of carbonyl (C=O) groups is 1. The third-order valence-electron chi connectivity index (χ3n) is 6.37. The van der Waals surface area contributed by atoms with Gasteiger partial charge in [0.1, 0.15) is 6.10 Å². The van der Waals surface area contributed by atoms with Crippen molar-refractivity contribution < 1.29 is 37.1 Å². The third kappa shape index (κ3) is 7.13. The number of rotatable bonds is 11. The number of methoxy groups -OCH3 is 1. The molecule has 9 heteroatoms. The van der Waals surface area contributed by atoms with Gasteiger partial charge in [-0.1, -0.05) is 65.8 Å². The zero-order valence-corrected chi connectivity index (χ0v) is 21.5. The minimum Gasteiger partial charge on any atom is -0.481 e. The van der Waals surface area contributed by atoms with Gasteiger partial charge in [0.05, 0.1) is 30.0 Å². The SMILES string of the molecule is COC(COCc1cccc(C(F)(F)F)c1)c1c(C)noc1-c1ccc(-c2ccc(CCC(=O)O)cc2)cc1. The second-order valence-electron chi connectivity index (χ2n) is 9.12. The van der Waals surface area contributed by atoms with Crippen molar-refractivity contribution >= 4 is 5.97 Å². The van der Waals surface area contributed by atoms with Crippen molar-refractivity contribution in [3.63, 3.8) is 0 Å². The summed E-state index contributed by atoms with van der Waals surface area (Å²) in [4.78, 5) is 10.8. The van der Waals surface area contributed by atoms with Gasteiger partial charge in [-0.25, -0.2) is 0 Å². The number of carboxylic acids is 1. The van der Waals surface area contributed by atoms with Gasteiger partial charge in [-0.05, 0) is 47.7 Å². The van der Waals surface area contributed by atoms with Crippen LogP contribution in [0.25, 0.3) is 22.5 Å². The van der Waals surface area contributed by atoms with Crippen molar-refractivity contribution in [3.05, 3.63) is 101 Å². The highest BCUT2D eigenvalue weighted by Crippen LogP contribution is 2.34. The van der Waals surface area contributed by atoms with Crippen LogP contribution >= 0.6 is 0 Å². The van der Waals surface area contributed by atoms with Crippen LogP contribution in [0.4, 0.5) is 13.2 Å². The van der Waals surface area contributed by atoms with Crippen LogP contribution in [0.15, 0.2) is 77.3 Å². The number of nitrogens with zero attached hydrogens (tertiary/aromatic N) is 1. The number of halogens is 3. The van der Waals surface area contributed by atoms with E-state index in [-0.39, 0.29) is 19.6 Å². The Balaban J connectivity index is 1.45. The lowest BCUT2D eigenvalue weighted by Crippen LogP contribution is -2.12. The van der Waals surface area contributed by atoms with Crippen LogP contribution in [0.2, 0.25) is 0 Å². The fraction of sp³-hybridized carbons (Fsp3) is 0.267. The van der Waals surface area contributed by atoms with Crippen molar-refractivity contribution in [2.75, 3.05) is 13.7 Å². The molecule has 3 aromatic carbocycles. The molecule has 0 aliphatic heterocycles. The number of carboxylic acid groups (broad SMARTS) is 1. The first-order valence-electron chi connectivity index (χ1n) is 12.3. The fourth-order valence-electron chi connectivity index (χ4n) is 4.28. The summed E-state index contributed by atoms with van der Waals surface area (Å²) in [6.45, 7) is 1.88. The molecule has 0 spiro atoms. The Morgan fingerprint density at radius 1 is 0.974 bits per heavy atom. The van der Waals surface area contributed by atoms with Crippen LogP contribution in [0.3, 0.4) is 0 Å². The molecule has 4 rings (SSSR count). The fourth-order valence-corrected chi connectivity index (χ4v) is 4.28. The lowest BCUT2D eigenvalue weighted by molar-refractivity contribution is -0.138. The molecule has 0 saturated carbocycles. The highest BCUT2D eigenvalue weighted by Gasteiger charge is 2.30. The summed E-state index contributed by atoms with van der Waals surface area (Å²) in [5.74, 6) is -0.299. The number of ether oxygens (including phenoxy) is 2. The summed E-state index contributed by atoms with van der Waals surface area (Å²) in [5, 5.41) is 13.0. The zero-order valence-electron chi connectivity index (χ0n) is 21.5. The summed E-state index contributed by atoms with van der Waals surface area (Å²) < 4.78 is 56.0. The smallest absolute Gasteiger partial charge is 0.416 e. The molecule has 0 bridgehead atoms. The Labute approximate surface area is 224 Å². The summed E-state index contributed by atoms with van der Waals surface area (Å²) in [6.07, 6.45) is -4.39. The number of hydrogen-bond acceptors (Lipinski definition) is 5. The molecule has 1 atom stereocenters. The van der Waals surface area contributed by atoms with Gasteiger partial charge in [0, 0.05) is 19.1 Å². The molecule has 1 N–H and O–H groups in total. The molecule has 0 amide bonds. The Kier molecular flexibility index (Phi) is 8.83. The molecule has 0 aliphatic rings. The van der Waals surface area contributed by atoms with Gasteiger partial charge in [0.15, 0.2) is 5.76 Å². The third-order valence-corrected chi connectivity index (χ3v) is 6.37. The number of alkyl halides is 3. The summed E-state index contributed by atoms with van der Waals surface area (Å²) >= 11 is 0. The highest BCUT2D eigenvalue weighted by molar-refractivity contribution is 5.70. The van der Waals surface area contributed by atoms with Gasteiger partial charge in [-0.15, -0.1) is 0 Å². The van der Waals surface area contributed by atoms with Gasteiger partial charge in [-0.3, -0.25) is 4.79 Å². The molecule has 0 saturated heterocycles. The van der Waals surface area contributed by atoms with Crippen LogP contribution in [0.1, 0.15) is 40.5 Å². The zero-order chi connectivity index (χ0) is 28.0. The molecule has 4 aromatic rings. The molecule has 39 heavy (non-hydrogen) atoms. The van der Waals surface area contributed by atoms with Crippen molar-refractivity contribution in [1.82, 2.24) is 5.16 Å². The molecule has 6 nitrogen and oxygen atoms in total. The normalized spacial score (nSPS) is 12.4. The lowest BCUT2D eigenvalue weighted by atomic mass is 9.98. The molecular formula is C30H28F3NO5. The average molecular weight is 540 g/mol. The van der Waals surface area contributed by atoms with Gasteiger partial charge in [0.2, 0.25) is 0 Å². The first-order valence-corrected chi connectivity index (χ1v) is 12.3. The van der Waals surface area contributed by atoms with E-state index >= 15 is 0 Å². The molecule has 1 heterocycles. The van der Waals surface area contributed by atoms with Gasteiger partial charge < -0.3 is 19.1 Å². The van der Waals surface area contributed by atoms with E-state index in [1.807, 2.05) is 48.5 Å².